The van der Waals surface area contributed by atoms with E-state index in [1.165, 1.54) is 12.2 Å². The normalized spacial score (nSPS) is 7.45. The molecule has 0 rings (SSSR count). The third-order valence-corrected chi connectivity index (χ3v) is 0.893. The minimum atomic E-state index is -0.907. The molecule has 0 heterocycles. The summed E-state index contributed by atoms with van der Waals surface area (Å²) in [5.41, 5.74) is 0. The molecule has 0 aliphatic carbocycles. The SMILES string of the molecule is C=CC(C=C)C(=O)O.CC(=O)O.CC(=O)O.OCCO. The Morgan fingerprint density at radius 1 is 0.900 bits per heavy atom. The van der Waals surface area contributed by atoms with E-state index in [2.05, 4.69) is 13.2 Å². The first kappa shape index (κ1) is 26.4. The van der Waals surface area contributed by atoms with Gasteiger partial charge in [-0.05, 0) is 0 Å². The number of aliphatic hydroxyl groups is 2. The molecule has 0 aliphatic heterocycles. The molecular formula is C12H22O8. The molecule has 0 saturated heterocycles. The molecule has 0 aliphatic rings. The molecular weight excluding hydrogens is 272 g/mol. The van der Waals surface area contributed by atoms with Crippen LogP contribution in [0.5, 0.6) is 0 Å². The highest BCUT2D eigenvalue weighted by Gasteiger charge is 2.05. The summed E-state index contributed by atoms with van der Waals surface area (Å²) in [6.45, 7) is 8.52. The van der Waals surface area contributed by atoms with Crippen LogP contribution in [-0.4, -0.2) is 56.7 Å². The molecule has 0 aromatic carbocycles. The Labute approximate surface area is 117 Å². The van der Waals surface area contributed by atoms with E-state index in [4.69, 9.17) is 35.1 Å². The summed E-state index contributed by atoms with van der Waals surface area (Å²) >= 11 is 0. The van der Waals surface area contributed by atoms with Crippen LogP contribution >= 0.6 is 0 Å². The number of rotatable bonds is 4. The molecule has 8 heteroatoms. The standard InChI is InChI=1S/C6H8O2.2C2H4O2.C2H6O2/c1-3-5(4-2)6(7)8;2*1-2(3)4;3-1-2-4/h3-5H,1-2H2,(H,7,8);2*1H3,(H,3,4);3-4H,1-2H2. The van der Waals surface area contributed by atoms with Gasteiger partial charge in [-0.15, -0.1) is 13.2 Å². The highest BCUT2D eigenvalue weighted by atomic mass is 16.4. The zero-order valence-electron chi connectivity index (χ0n) is 11.5. The van der Waals surface area contributed by atoms with Gasteiger partial charge in [0.05, 0.1) is 19.1 Å². The summed E-state index contributed by atoms with van der Waals surface area (Å²) in [4.78, 5) is 28.0. The minimum absolute atomic E-state index is 0.125. The average Bonchev–Trinajstić information content (AvgIpc) is 2.29. The molecule has 5 N–H and O–H groups in total. The van der Waals surface area contributed by atoms with Crippen LogP contribution in [0.1, 0.15) is 13.8 Å². The molecule has 0 fully saturated rings. The van der Waals surface area contributed by atoms with E-state index in [-0.39, 0.29) is 13.2 Å². The second-order valence-corrected chi connectivity index (χ2v) is 2.82. The molecule has 0 aromatic rings. The van der Waals surface area contributed by atoms with Crippen LogP contribution in [0.25, 0.3) is 0 Å². The third-order valence-electron chi connectivity index (χ3n) is 0.893. The van der Waals surface area contributed by atoms with Crippen LogP contribution in [0.15, 0.2) is 25.3 Å². The van der Waals surface area contributed by atoms with Crippen molar-refractivity contribution in [3.63, 3.8) is 0 Å². The molecule has 0 unspecified atom stereocenters. The summed E-state index contributed by atoms with van der Waals surface area (Å²) in [6, 6.07) is 0. The van der Waals surface area contributed by atoms with Crippen molar-refractivity contribution < 1.29 is 39.9 Å². The first-order valence-corrected chi connectivity index (χ1v) is 5.19. The molecule has 0 amide bonds. The Morgan fingerprint density at radius 3 is 1.10 bits per heavy atom. The minimum Gasteiger partial charge on any atom is -0.481 e. The van der Waals surface area contributed by atoms with Crippen molar-refractivity contribution in [2.24, 2.45) is 5.92 Å². The van der Waals surface area contributed by atoms with Crippen molar-refractivity contribution >= 4 is 17.9 Å². The van der Waals surface area contributed by atoms with Crippen molar-refractivity contribution in [3.8, 4) is 0 Å². The fraction of sp³-hybridized carbons (Fsp3) is 0.417. The Hall–Kier alpha value is -2.19. The van der Waals surface area contributed by atoms with Crippen molar-refractivity contribution in [1.29, 1.82) is 0 Å². The van der Waals surface area contributed by atoms with E-state index in [0.29, 0.717) is 0 Å². The fourth-order valence-corrected chi connectivity index (χ4v) is 0.298. The summed E-state index contributed by atoms with van der Waals surface area (Å²) in [7, 11) is 0. The quantitative estimate of drug-likeness (QED) is 0.461. The van der Waals surface area contributed by atoms with Crippen LogP contribution in [-0.2, 0) is 14.4 Å². The van der Waals surface area contributed by atoms with Gasteiger partial charge in [-0.1, -0.05) is 12.2 Å². The van der Waals surface area contributed by atoms with Crippen molar-refractivity contribution in [2.75, 3.05) is 13.2 Å². The van der Waals surface area contributed by atoms with Crippen LogP contribution in [0.4, 0.5) is 0 Å². The van der Waals surface area contributed by atoms with E-state index < -0.39 is 23.8 Å². The summed E-state index contributed by atoms with van der Waals surface area (Å²) in [5, 5.41) is 38.3. The number of hydrogen-bond acceptors (Lipinski definition) is 5. The number of carbonyl (C=O) groups is 3. The molecule has 0 aromatic heterocycles. The van der Waals surface area contributed by atoms with Gasteiger partial charge in [0.1, 0.15) is 0 Å². The van der Waals surface area contributed by atoms with Crippen molar-refractivity contribution in [1.82, 2.24) is 0 Å². The van der Waals surface area contributed by atoms with Gasteiger partial charge in [0.25, 0.3) is 11.9 Å². The largest absolute Gasteiger partial charge is 0.481 e. The lowest BCUT2D eigenvalue weighted by atomic mass is 10.1. The summed E-state index contributed by atoms with van der Waals surface area (Å²) < 4.78 is 0. The number of aliphatic hydroxyl groups excluding tert-OH is 2. The van der Waals surface area contributed by atoms with Crippen molar-refractivity contribution in [3.05, 3.63) is 25.3 Å². The van der Waals surface area contributed by atoms with Gasteiger partial charge in [0, 0.05) is 13.8 Å². The predicted molar refractivity (Wildman–Crippen MR) is 72.3 cm³/mol. The second-order valence-electron chi connectivity index (χ2n) is 2.82. The number of carboxylic acids is 3. The number of hydrogen-bond donors (Lipinski definition) is 5. The molecule has 8 nitrogen and oxygen atoms in total. The monoisotopic (exact) mass is 294 g/mol. The second kappa shape index (κ2) is 22.0. The van der Waals surface area contributed by atoms with Crippen LogP contribution in [0, 0.1) is 5.92 Å². The van der Waals surface area contributed by atoms with Gasteiger partial charge in [-0.3, -0.25) is 14.4 Å². The fourth-order valence-electron chi connectivity index (χ4n) is 0.298. The molecule has 0 saturated carbocycles. The zero-order chi connectivity index (χ0) is 17.1. The van der Waals surface area contributed by atoms with E-state index in [1.807, 2.05) is 0 Å². The molecule has 20 heavy (non-hydrogen) atoms. The first-order chi connectivity index (χ1) is 9.10. The van der Waals surface area contributed by atoms with Gasteiger partial charge in [0.2, 0.25) is 0 Å². The van der Waals surface area contributed by atoms with E-state index in [9.17, 15) is 4.79 Å². The van der Waals surface area contributed by atoms with Gasteiger partial charge in [-0.25, -0.2) is 0 Å². The molecule has 0 bridgehead atoms. The maximum absolute atomic E-state index is 10.0. The lowest BCUT2D eigenvalue weighted by molar-refractivity contribution is -0.138. The topological polar surface area (TPSA) is 152 Å². The van der Waals surface area contributed by atoms with Crippen LogP contribution < -0.4 is 0 Å². The van der Waals surface area contributed by atoms with Crippen LogP contribution in [0.2, 0.25) is 0 Å². The lowest BCUT2D eigenvalue weighted by Gasteiger charge is -1.94. The van der Waals surface area contributed by atoms with E-state index >= 15 is 0 Å². The maximum Gasteiger partial charge on any atom is 0.314 e. The average molecular weight is 294 g/mol. The molecule has 0 atom stereocenters. The predicted octanol–water partition coefficient (Wildman–Crippen LogP) is 0.212. The van der Waals surface area contributed by atoms with Crippen molar-refractivity contribution in [2.45, 2.75) is 13.8 Å². The lowest BCUT2D eigenvalue weighted by Crippen LogP contribution is -2.06. The molecule has 0 radical (unpaired) electrons. The Bertz CT molecular complexity index is 255. The number of aliphatic carboxylic acids is 3. The highest BCUT2D eigenvalue weighted by Crippen LogP contribution is 1.96. The van der Waals surface area contributed by atoms with Gasteiger partial charge in [0.15, 0.2) is 0 Å². The smallest absolute Gasteiger partial charge is 0.314 e. The Balaban J connectivity index is -0.0000000917. The van der Waals surface area contributed by atoms with Gasteiger partial charge in [-0.2, -0.15) is 0 Å². The Kier molecular flexibility index (Phi) is 29.1. The van der Waals surface area contributed by atoms with Crippen LogP contribution in [0.3, 0.4) is 0 Å². The Morgan fingerprint density at radius 2 is 1.10 bits per heavy atom. The summed E-state index contributed by atoms with van der Waals surface area (Å²) in [6.07, 6.45) is 2.66. The summed E-state index contributed by atoms with van der Waals surface area (Å²) in [5.74, 6) is -3.18. The van der Waals surface area contributed by atoms with Gasteiger partial charge < -0.3 is 25.5 Å². The molecule has 0 spiro atoms. The zero-order valence-corrected chi connectivity index (χ0v) is 11.5. The highest BCUT2D eigenvalue weighted by molar-refractivity contribution is 5.73. The van der Waals surface area contributed by atoms with E-state index in [1.54, 1.807) is 0 Å². The van der Waals surface area contributed by atoms with E-state index in [0.717, 1.165) is 13.8 Å². The maximum atomic E-state index is 10.0. The van der Waals surface area contributed by atoms with Gasteiger partial charge >= 0.3 is 5.97 Å². The number of carboxylic acid groups (broad SMARTS) is 3. The molecule has 118 valence electrons. The third kappa shape index (κ3) is 74.8. The first-order valence-electron chi connectivity index (χ1n) is 5.19.